The molecular formula is C47H43N8O4+2. The van der Waals surface area contributed by atoms with Crippen LogP contribution in [-0.2, 0) is 25.7 Å². The van der Waals surface area contributed by atoms with E-state index in [1.54, 1.807) is 12.3 Å². The number of nitrogens with zero attached hydrogens (tertiary/aromatic N) is 6. The summed E-state index contributed by atoms with van der Waals surface area (Å²) < 4.78 is 10.0. The standard InChI is InChI=1S/C47H42N8O4/c1-52-29-37(24-35-14-7-9-17-43(35)52)48-46(57)41-26-40(27-42(50-41)47(58)49-38-25-36-15-8-10-18-44(36)53(2)30-38)59-23-11-16-39-31-55(51-54(39)3)28-32-19-21-34(22-20-32)45(56)33-12-5-4-6-13-33/h4-10,12-15,17-22,24-27,29-31,51H,11,16,23,28H2,1-3H3/q+1/p+1. The van der Waals surface area contributed by atoms with Crippen molar-refractivity contribution in [2.24, 2.45) is 19.1 Å². The molecule has 0 fully saturated rings. The number of pyridine rings is 3. The molecule has 1 aliphatic rings. The van der Waals surface area contributed by atoms with Gasteiger partial charge in [-0.3, -0.25) is 24.7 Å². The molecular weight excluding hydrogens is 741 g/mol. The number of benzene rings is 4. The van der Waals surface area contributed by atoms with E-state index >= 15 is 0 Å². The molecule has 293 valence electrons. The van der Waals surface area contributed by atoms with Gasteiger partial charge in [-0.05, 0) is 42.7 Å². The number of nitrogens with one attached hydrogen (secondary N) is 2. The molecule has 2 N–H and O–H groups in total. The van der Waals surface area contributed by atoms with Crippen molar-refractivity contribution in [1.29, 1.82) is 0 Å². The fourth-order valence-electron chi connectivity index (χ4n) is 7.15. The van der Waals surface area contributed by atoms with Crippen molar-refractivity contribution >= 4 is 50.8 Å². The zero-order valence-corrected chi connectivity index (χ0v) is 33.0. The molecule has 0 bridgehead atoms. The van der Waals surface area contributed by atoms with Gasteiger partial charge in [0.15, 0.2) is 18.2 Å². The summed E-state index contributed by atoms with van der Waals surface area (Å²) in [7, 11) is 5.77. The van der Waals surface area contributed by atoms with Crippen LogP contribution < -0.4 is 24.7 Å². The lowest BCUT2D eigenvalue weighted by Crippen LogP contribution is -2.37. The Kier molecular flexibility index (Phi) is 11.1. The van der Waals surface area contributed by atoms with Crippen LogP contribution in [0.3, 0.4) is 0 Å². The first-order valence-electron chi connectivity index (χ1n) is 19.3. The Hall–Kier alpha value is -7.44. The van der Waals surface area contributed by atoms with Crippen molar-refractivity contribution in [3.05, 3.63) is 180 Å². The molecule has 1 aliphatic heterocycles. The van der Waals surface area contributed by atoms with Gasteiger partial charge in [0.2, 0.25) is 11.0 Å². The number of ether oxygens (including phenoxy) is 1. The number of anilines is 1. The Bertz CT molecular complexity index is 2750. The van der Waals surface area contributed by atoms with E-state index in [0.29, 0.717) is 54.2 Å². The van der Waals surface area contributed by atoms with Crippen LogP contribution in [0.5, 0.6) is 5.75 Å². The van der Waals surface area contributed by atoms with Crippen LogP contribution in [0.15, 0.2) is 157 Å². The normalized spacial score (nSPS) is 12.9. The summed E-state index contributed by atoms with van der Waals surface area (Å²) in [6, 6.07) is 39.5. The Morgan fingerprint density at radius 3 is 2.17 bits per heavy atom. The number of aromatic nitrogens is 3. The highest BCUT2D eigenvalue weighted by Gasteiger charge is 2.20. The molecule has 0 spiro atoms. The van der Waals surface area contributed by atoms with Gasteiger partial charge in [-0.1, -0.05) is 78.9 Å². The fraction of sp³-hybridized carbons (Fsp3) is 0.149. The number of ketones is 1. The summed E-state index contributed by atoms with van der Waals surface area (Å²) in [6.45, 7) is 0.918. The third-order valence-electron chi connectivity index (χ3n) is 10.1. The molecule has 12 nitrogen and oxygen atoms in total. The first-order chi connectivity index (χ1) is 28.7. The maximum absolute atomic E-state index is 13.7. The Morgan fingerprint density at radius 2 is 1.42 bits per heavy atom. The molecule has 59 heavy (non-hydrogen) atoms. The lowest BCUT2D eigenvalue weighted by Gasteiger charge is -2.21. The molecule has 4 heterocycles. The number of para-hydroxylation sites is 2. The van der Waals surface area contributed by atoms with Crippen molar-refractivity contribution in [3.63, 3.8) is 0 Å². The average Bonchev–Trinajstić information content (AvgIpc) is 3.60. The summed E-state index contributed by atoms with van der Waals surface area (Å²) >= 11 is 0. The third-order valence-corrected chi connectivity index (χ3v) is 10.1. The number of rotatable bonds is 13. The fourth-order valence-corrected chi connectivity index (χ4v) is 7.15. The number of amides is 1. The summed E-state index contributed by atoms with van der Waals surface area (Å²) in [5.74, 6) is -0.758. The van der Waals surface area contributed by atoms with Crippen molar-refractivity contribution in [1.82, 2.24) is 20.5 Å². The quantitative estimate of drug-likeness (QED) is 0.0429. The molecule has 3 aromatic heterocycles. The zero-order valence-electron chi connectivity index (χ0n) is 33.0. The predicted molar refractivity (Wildman–Crippen MR) is 225 cm³/mol. The maximum Gasteiger partial charge on any atom is 0.296 e. The van der Waals surface area contributed by atoms with Gasteiger partial charge in [-0.15, -0.1) is 5.53 Å². The molecule has 0 unspecified atom stereocenters. The first-order valence-corrected chi connectivity index (χ1v) is 19.3. The van der Waals surface area contributed by atoms with Crippen LogP contribution in [0.1, 0.15) is 50.5 Å². The molecule has 1 amide bonds. The van der Waals surface area contributed by atoms with E-state index < -0.39 is 11.8 Å². The van der Waals surface area contributed by atoms with E-state index in [0.717, 1.165) is 33.1 Å². The summed E-state index contributed by atoms with van der Waals surface area (Å²) in [4.78, 5) is 35.4. The van der Waals surface area contributed by atoms with Crippen LogP contribution in [0.4, 0.5) is 11.4 Å². The van der Waals surface area contributed by atoms with Gasteiger partial charge in [0.05, 0.1) is 13.2 Å². The predicted octanol–water partition coefficient (Wildman–Crippen LogP) is 6.90. The average molecular weight is 784 g/mol. The topological polar surface area (TPSA) is 127 Å². The smallest absolute Gasteiger partial charge is 0.296 e. The Labute approximate surface area is 341 Å². The monoisotopic (exact) mass is 783 g/mol. The van der Waals surface area contributed by atoms with Gasteiger partial charge in [0, 0.05) is 65.1 Å². The van der Waals surface area contributed by atoms with Gasteiger partial charge < -0.3 is 10.1 Å². The third kappa shape index (κ3) is 8.93. The van der Waals surface area contributed by atoms with Gasteiger partial charge in [-0.25, -0.2) is 9.98 Å². The van der Waals surface area contributed by atoms with Crippen molar-refractivity contribution in [2.45, 2.75) is 19.4 Å². The SMILES string of the molecule is CN1NN(Cc2ccc(C(=O)c3ccccc3)cc2)C=C1CCCOc1cc(C(=O)Nc2cc3ccccc3[n+](C)c2)nc(C([O])=Nc2cc3ccccc3[n+](C)c2)c1. The second kappa shape index (κ2) is 17.0. The van der Waals surface area contributed by atoms with E-state index in [4.69, 9.17) is 4.74 Å². The first kappa shape index (κ1) is 38.4. The molecule has 0 atom stereocenters. The molecule has 4 aromatic carbocycles. The number of carbonyl (C=O) groups excluding carboxylic acids is 2. The minimum Gasteiger partial charge on any atom is -0.493 e. The number of hydrogen-bond donors (Lipinski definition) is 2. The summed E-state index contributed by atoms with van der Waals surface area (Å²) in [5, 5.41) is 22.5. The van der Waals surface area contributed by atoms with Gasteiger partial charge >= 0.3 is 0 Å². The van der Waals surface area contributed by atoms with Crippen molar-refractivity contribution in [2.75, 3.05) is 19.0 Å². The van der Waals surface area contributed by atoms with E-state index in [1.165, 1.54) is 6.07 Å². The van der Waals surface area contributed by atoms with Gasteiger partial charge in [-0.2, -0.15) is 9.13 Å². The molecule has 0 saturated heterocycles. The van der Waals surface area contributed by atoms with E-state index in [2.05, 4.69) is 27.0 Å². The number of allylic oxidation sites excluding steroid dienone is 1. The second-order valence-electron chi connectivity index (χ2n) is 14.5. The van der Waals surface area contributed by atoms with Crippen molar-refractivity contribution < 1.29 is 28.6 Å². The van der Waals surface area contributed by atoms with Crippen LogP contribution in [0.25, 0.3) is 21.8 Å². The summed E-state index contributed by atoms with van der Waals surface area (Å²) in [5.41, 5.74) is 9.83. The lowest BCUT2D eigenvalue weighted by atomic mass is 10.0. The molecule has 12 heteroatoms. The van der Waals surface area contributed by atoms with E-state index in [1.807, 2.05) is 162 Å². The van der Waals surface area contributed by atoms with Crippen LogP contribution in [-0.4, -0.2) is 46.2 Å². The van der Waals surface area contributed by atoms with E-state index in [-0.39, 0.29) is 17.2 Å². The number of carbonyl (C=O) groups is 2. The maximum atomic E-state index is 13.7. The Morgan fingerprint density at radius 1 is 0.780 bits per heavy atom. The van der Waals surface area contributed by atoms with Gasteiger partial charge in [0.25, 0.3) is 11.8 Å². The number of hydrogen-bond acceptors (Lipinski definition) is 8. The number of aliphatic imine (C=N–C) groups is 1. The molecule has 7 aromatic rings. The highest BCUT2D eigenvalue weighted by molar-refractivity contribution is 6.09. The van der Waals surface area contributed by atoms with E-state index in [9.17, 15) is 14.7 Å². The molecule has 0 aliphatic carbocycles. The Balaban J connectivity index is 0.959. The number of fused-ring (bicyclic) bond motifs is 2. The number of aryl methyl sites for hydroxylation is 2. The second-order valence-corrected chi connectivity index (χ2v) is 14.5. The molecule has 1 radical (unpaired) electrons. The highest BCUT2D eigenvalue weighted by atomic mass is 16.5. The van der Waals surface area contributed by atoms with Crippen LogP contribution in [0, 0.1) is 0 Å². The highest BCUT2D eigenvalue weighted by Crippen LogP contribution is 2.23. The van der Waals surface area contributed by atoms with Gasteiger partial charge in [0.1, 0.15) is 42.6 Å². The van der Waals surface area contributed by atoms with Crippen LogP contribution in [0.2, 0.25) is 0 Å². The molecule has 0 saturated carbocycles. The van der Waals surface area contributed by atoms with Crippen LogP contribution >= 0.6 is 0 Å². The minimum atomic E-state index is -0.599. The number of hydrazine groups is 2. The van der Waals surface area contributed by atoms with Crippen molar-refractivity contribution in [3.8, 4) is 5.75 Å². The zero-order chi connectivity index (χ0) is 40.9. The summed E-state index contributed by atoms with van der Waals surface area (Å²) in [6.07, 6.45) is 7.01. The largest absolute Gasteiger partial charge is 0.493 e. The lowest BCUT2D eigenvalue weighted by molar-refractivity contribution is -0.644. The minimum absolute atomic E-state index is 0.00444. The molecule has 8 rings (SSSR count).